The number of rotatable bonds is 9. The van der Waals surface area contributed by atoms with Crippen LogP contribution in [0.5, 0.6) is 0 Å². The Balaban J connectivity index is 1.58. The van der Waals surface area contributed by atoms with Crippen LogP contribution in [0.2, 0.25) is 0 Å². The minimum atomic E-state index is -0.878. The summed E-state index contributed by atoms with van der Waals surface area (Å²) in [5.41, 5.74) is -2.63. The molecule has 0 saturated carbocycles. The molecule has 15 heteroatoms. The summed E-state index contributed by atoms with van der Waals surface area (Å²) in [4.78, 5) is 72.0. The van der Waals surface area contributed by atoms with Crippen LogP contribution in [-0.2, 0) is 48.1 Å². The van der Waals surface area contributed by atoms with E-state index < -0.39 is 53.8 Å². The van der Waals surface area contributed by atoms with Crippen molar-refractivity contribution in [2.24, 2.45) is 0 Å². The molecule has 3 unspecified atom stereocenters. The maximum atomic E-state index is 13.0. The summed E-state index contributed by atoms with van der Waals surface area (Å²) in [5, 5.41) is 0. The van der Waals surface area contributed by atoms with Gasteiger partial charge in [0.15, 0.2) is 18.3 Å². The molecule has 0 N–H and O–H groups in total. The van der Waals surface area contributed by atoms with E-state index in [4.69, 9.17) is 14.2 Å². The highest BCUT2D eigenvalue weighted by atomic mass is 16.8. The molecule has 0 bridgehead atoms. The molecule has 3 saturated heterocycles. The fraction of sp³-hybridized carbons (Fsp3) is 0.429. The van der Waals surface area contributed by atoms with Crippen LogP contribution in [0.25, 0.3) is 0 Å². The van der Waals surface area contributed by atoms with Crippen LogP contribution in [0, 0.1) is 0 Å². The van der Waals surface area contributed by atoms with E-state index in [0.717, 1.165) is 13.7 Å². The molecule has 1 aromatic rings. The molecule has 0 amide bonds. The van der Waals surface area contributed by atoms with Crippen LogP contribution in [0.3, 0.4) is 0 Å². The number of hydrogen-bond donors (Lipinski definition) is 0. The number of allylic oxidation sites excluding steroid dienone is 3. The van der Waals surface area contributed by atoms with Gasteiger partial charge in [-0.1, -0.05) is 18.2 Å². The molecule has 0 spiro atoms. The Morgan fingerprint density at radius 1 is 0.528 bits per heavy atom. The minimum Gasteiger partial charge on any atom is -0.430 e. The van der Waals surface area contributed by atoms with Crippen molar-refractivity contribution in [3.05, 3.63) is 67.9 Å². The lowest BCUT2D eigenvalue weighted by atomic mass is 10.3. The van der Waals surface area contributed by atoms with Crippen LogP contribution in [0.15, 0.2) is 50.8 Å². The van der Waals surface area contributed by atoms with E-state index in [-0.39, 0.29) is 39.5 Å². The number of nitrogens with zero attached hydrogens (tertiary/aromatic N) is 3. The van der Waals surface area contributed by atoms with Gasteiger partial charge in [0.05, 0.1) is 19.6 Å². The molecule has 1 aromatic heterocycles. The fourth-order valence-electron chi connectivity index (χ4n) is 3.42. The van der Waals surface area contributed by atoms with Gasteiger partial charge in [0.25, 0.3) is 0 Å². The Bertz CT molecular complexity index is 1110. The monoisotopic (exact) mass is 507 g/mol. The summed E-state index contributed by atoms with van der Waals surface area (Å²) < 4.78 is 31.1. The second kappa shape index (κ2) is 10.8. The second-order valence-corrected chi connectivity index (χ2v) is 7.62. The first-order valence-corrected chi connectivity index (χ1v) is 10.8. The van der Waals surface area contributed by atoms with Crippen LogP contribution >= 0.6 is 0 Å². The van der Waals surface area contributed by atoms with Crippen molar-refractivity contribution < 1.29 is 42.8 Å². The lowest BCUT2D eigenvalue weighted by Gasteiger charge is -2.11. The molecular weight excluding hydrogens is 486 g/mol. The average molecular weight is 507 g/mol. The summed E-state index contributed by atoms with van der Waals surface area (Å²) >= 11 is 0. The quantitative estimate of drug-likeness (QED) is 0.237. The summed E-state index contributed by atoms with van der Waals surface area (Å²) in [5.74, 6) is 0. The maximum Gasteiger partial charge on any atom is 0.509 e. The first kappa shape index (κ1) is 24.6. The van der Waals surface area contributed by atoms with Gasteiger partial charge >= 0.3 is 35.5 Å². The van der Waals surface area contributed by atoms with Crippen molar-refractivity contribution in [1.82, 2.24) is 13.7 Å². The van der Waals surface area contributed by atoms with Gasteiger partial charge in [0.2, 0.25) is 0 Å². The molecular formula is C21H21N3O12. The molecule has 4 heterocycles. The van der Waals surface area contributed by atoms with Crippen molar-refractivity contribution in [1.29, 1.82) is 0 Å². The predicted octanol–water partition coefficient (Wildman–Crippen LogP) is -0.553. The van der Waals surface area contributed by atoms with Crippen LogP contribution in [0.1, 0.15) is 0 Å². The van der Waals surface area contributed by atoms with Crippen LogP contribution < -0.4 is 17.1 Å². The number of hydrogen-bond acceptors (Lipinski definition) is 12. The zero-order chi connectivity index (χ0) is 25.7. The Labute approximate surface area is 201 Å². The summed E-state index contributed by atoms with van der Waals surface area (Å²) in [6, 6.07) is 0. The lowest BCUT2D eigenvalue weighted by Crippen LogP contribution is -2.54. The average Bonchev–Trinajstić information content (AvgIpc) is 3.57. The molecule has 15 nitrogen and oxygen atoms in total. The molecule has 3 atom stereocenters. The maximum absolute atomic E-state index is 13.0. The fourth-order valence-corrected chi connectivity index (χ4v) is 3.42. The zero-order valence-electron chi connectivity index (χ0n) is 18.7. The Morgan fingerprint density at radius 2 is 0.806 bits per heavy atom. The van der Waals surface area contributed by atoms with E-state index in [2.05, 4.69) is 14.2 Å². The van der Waals surface area contributed by atoms with E-state index in [1.165, 1.54) is 36.5 Å². The summed E-state index contributed by atoms with van der Waals surface area (Å²) in [7, 11) is 0. The highest BCUT2D eigenvalue weighted by Crippen LogP contribution is 2.08. The Morgan fingerprint density at radius 3 is 1.03 bits per heavy atom. The summed E-state index contributed by atoms with van der Waals surface area (Å²) in [6.45, 7) is -0.678. The molecule has 0 aliphatic carbocycles. The van der Waals surface area contributed by atoms with E-state index in [0.29, 0.717) is 0 Å². The van der Waals surface area contributed by atoms with E-state index in [9.17, 15) is 28.8 Å². The summed E-state index contributed by atoms with van der Waals surface area (Å²) in [6.07, 6.45) is 4.20. The van der Waals surface area contributed by atoms with Gasteiger partial charge in [-0.05, 0) is 18.2 Å². The standard InChI is InChI=1S/C21H21N3O12/c25-16-22(7-1-4-13-10-31-19(28)34-13)17(26)24(9-3-6-15-12-33-21(30)36-15)18(27)23(16)8-2-5-14-11-32-20(29)35-14/h1-6,13-15H,7-12H2. The van der Waals surface area contributed by atoms with Gasteiger partial charge in [-0.3, -0.25) is 0 Å². The van der Waals surface area contributed by atoms with E-state index in [1.54, 1.807) is 0 Å². The third kappa shape index (κ3) is 5.73. The van der Waals surface area contributed by atoms with Crippen molar-refractivity contribution >= 4 is 18.5 Å². The van der Waals surface area contributed by atoms with Crippen molar-refractivity contribution in [2.75, 3.05) is 19.8 Å². The van der Waals surface area contributed by atoms with E-state index >= 15 is 0 Å². The van der Waals surface area contributed by atoms with Gasteiger partial charge in [0, 0.05) is 0 Å². The highest BCUT2D eigenvalue weighted by Gasteiger charge is 2.24. The minimum absolute atomic E-state index is 0.00549. The molecule has 0 aromatic carbocycles. The molecule has 36 heavy (non-hydrogen) atoms. The number of carbonyl (C=O) groups excluding carboxylic acids is 3. The SMILES string of the molecule is O=C1OCC(C=CCn2c(=O)n(CC=CC3COC(=O)O3)c(=O)n(CC=CC3COC(=O)O3)c2=O)O1. The Hall–Kier alpha value is -4.56. The number of ether oxygens (including phenoxy) is 6. The third-order valence-electron chi connectivity index (χ3n) is 5.14. The van der Waals surface area contributed by atoms with Crippen LogP contribution in [0.4, 0.5) is 14.4 Å². The van der Waals surface area contributed by atoms with Gasteiger partial charge in [-0.25, -0.2) is 42.5 Å². The topological polar surface area (TPSA) is 173 Å². The van der Waals surface area contributed by atoms with Crippen molar-refractivity contribution in [3.63, 3.8) is 0 Å². The smallest absolute Gasteiger partial charge is 0.430 e. The number of cyclic esters (lactones) is 6. The molecule has 3 aliphatic rings. The van der Waals surface area contributed by atoms with Gasteiger partial charge in [0.1, 0.15) is 19.8 Å². The first-order chi connectivity index (χ1) is 17.3. The van der Waals surface area contributed by atoms with Gasteiger partial charge < -0.3 is 28.4 Å². The first-order valence-electron chi connectivity index (χ1n) is 10.8. The second-order valence-electron chi connectivity index (χ2n) is 7.62. The van der Waals surface area contributed by atoms with Gasteiger partial charge in [-0.15, -0.1) is 0 Å². The van der Waals surface area contributed by atoms with E-state index in [1.807, 2.05) is 0 Å². The molecule has 3 aliphatic heterocycles. The largest absolute Gasteiger partial charge is 0.509 e. The van der Waals surface area contributed by atoms with Crippen molar-refractivity contribution in [3.8, 4) is 0 Å². The van der Waals surface area contributed by atoms with Crippen molar-refractivity contribution in [2.45, 2.75) is 37.9 Å². The Kier molecular flexibility index (Phi) is 7.36. The molecule has 192 valence electrons. The molecule has 0 radical (unpaired) electrons. The number of aromatic nitrogens is 3. The third-order valence-corrected chi connectivity index (χ3v) is 5.14. The number of carbonyl (C=O) groups is 3. The highest BCUT2D eigenvalue weighted by molar-refractivity contribution is 5.63. The zero-order valence-corrected chi connectivity index (χ0v) is 18.7. The normalized spacial score (nSPS) is 23.7. The molecule has 4 rings (SSSR count). The predicted molar refractivity (Wildman–Crippen MR) is 115 cm³/mol. The molecule has 3 fully saturated rings. The lowest BCUT2D eigenvalue weighted by molar-refractivity contribution is 0.124. The van der Waals surface area contributed by atoms with Gasteiger partial charge in [-0.2, -0.15) is 0 Å². The van der Waals surface area contributed by atoms with Crippen LogP contribution in [-0.4, -0.2) is 70.3 Å².